The van der Waals surface area contributed by atoms with Crippen molar-refractivity contribution in [2.24, 2.45) is 11.7 Å². The van der Waals surface area contributed by atoms with Crippen LogP contribution in [0.2, 0.25) is 0 Å². The zero-order valence-corrected chi connectivity index (χ0v) is 11.6. The largest absolute Gasteiger partial charge is 0.497 e. The molecule has 4 heteroatoms. The van der Waals surface area contributed by atoms with Crippen LogP contribution in [0.15, 0.2) is 24.3 Å². The average molecular weight is 262 g/mol. The number of primary amides is 1. The average Bonchev–Trinajstić information content (AvgIpc) is 2.41. The minimum atomic E-state index is -0.178. The van der Waals surface area contributed by atoms with Gasteiger partial charge in [0.05, 0.1) is 13.0 Å². The first-order valence-electron chi connectivity index (χ1n) is 6.76. The van der Waals surface area contributed by atoms with Crippen molar-refractivity contribution in [3.05, 3.63) is 29.8 Å². The highest BCUT2D eigenvalue weighted by Gasteiger charge is 2.28. The lowest BCUT2D eigenvalue weighted by atomic mass is 9.92. The van der Waals surface area contributed by atoms with E-state index in [1.54, 1.807) is 7.11 Å². The lowest BCUT2D eigenvalue weighted by molar-refractivity contribution is -0.124. The molecule has 104 valence electrons. The summed E-state index contributed by atoms with van der Waals surface area (Å²) in [7, 11) is 1.67. The van der Waals surface area contributed by atoms with E-state index >= 15 is 0 Å². The number of rotatable bonds is 4. The maximum absolute atomic E-state index is 11.3. The zero-order valence-electron chi connectivity index (χ0n) is 11.6. The van der Waals surface area contributed by atoms with E-state index in [4.69, 9.17) is 10.5 Å². The molecule has 1 aromatic carbocycles. The van der Waals surface area contributed by atoms with Crippen molar-refractivity contribution in [2.45, 2.75) is 32.4 Å². The van der Waals surface area contributed by atoms with Gasteiger partial charge < -0.3 is 10.5 Å². The van der Waals surface area contributed by atoms with Crippen LogP contribution < -0.4 is 10.5 Å². The Morgan fingerprint density at radius 2 is 2.26 bits per heavy atom. The zero-order chi connectivity index (χ0) is 13.8. The lowest BCUT2D eigenvalue weighted by Crippen LogP contribution is -2.45. The number of amides is 1. The molecule has 0 bridgehead atoms. The fraction of sp³-hybridized carbons (Fsp3) is 0.533. The molecular formula is C15H22N2O2. The molecule has 1 heterocycles. The second kappa shape index (κ2) is 6.06. The third-order valence-electron chi connectivity index (χ3n) is 3.93. The standard InChI is InChI=1S/C15H22N2O2/c1-11-6-7-13(15(16)18)10-17(11)9-12-4-3-5-14(8-12)19-2/h3-5,8,11,13H,6-7,9-10H2,1-2H3,(H2,16,18)/t11-,13-/m1/s1. The molecule has 1 fully saturated rings. The van der Waals surface area contributed by atoms with Crippen LogP contribution in [-0.4, -0.2) is 30.5 Å². The monoisotopic (exact) mass is 262 g/mol. The van der Waals surface area contributed by atoms with Crippen LogP contribution in [0.4, 0.5) is 0 Å². The van der Waals surface area contributed by atoms with Crippen LogP contribution in [0.25, 0.3) is 0 Å². The molecular weight excluding hydrogens is 240 g/mol. The second-order valence-electron chi connectivity index (χ2n) is 5.31. The van der Waals surface area contributed by atoms with E-state index in [0.717, 1.165) is 31.7 Å². The van der Waals surface area contributed by atoms with Crippen molar-refractivity contribution in [3.63, 3.8) is 0 Å². The molecule has 1 aliphatic heterocycles. The molecule has 4 nitrogen and oxygen atoms in total. The highest BCUT2D eigenvalue weighted by Crippen LogP contribution is 2.24. The molecule has 0 saturated carbocycles. The number of hydrogen-bond acceptors (Lipinski definition) is 3. The van der Waals surface area contributed by atoms with Crippen molar-refractivity contribution in [1.82, 2.24) is 4.90 Å². The van der Waals surface area contributed by atoms with Gasteiger partial charge >= 0.3 is 0 Å². The molecule has 0 aromatic heterocycles. The maximum Gasteiger partial charge on any atom is 0.221 e. The summed E-state index contributed by atoms with van der Waals surface area (Å²) in [5, 5.41) is 0. The first-order chi connectivity index (χ1) is 9.10. The summed E-state index contributed by atoms with van der Waals surface area (Å²) in [4.78, 5) is 13.7. The Morgan fingerprint density at radius 3 is 2.95 bits per heavy atom. The molecule has 0 aliphatic carbocycles. The number of methoxy groups -OCH3 is 1. The fourth-order valence-electron chi connectivity index (χ4n) is 2.64. The van der Waals surface area contributed by atoms with E-state index < -0.39 is 0 Å². The Kier molecular flexibility index (Phi) is 4.43. The van der Waals surface area contributed by atoms with Crippen molar-refractivity contribution < 1.29 is 9.53 Å². The molecule has 0 spiro atoms. The minimum absolute atomic E-state index is 0.0122. The Morgan fingerprint density at radius 1 is 1.47 bits per heavy atom. The predicted octanol–water partition coefficient (Wildman–Crippen LogP) is 1.78. The molecule has 2 rings (SSSR count). The van der Waals surface area contributed by atoms with Gasteiger partial charge in [-0.3, -0.25) is 9.69 Å². The summed E-state index contributed by atoms with van der Waals surface area (Å²) in [5.41, 5.74) is 6.63. The van der Waals surface area contributed by atoms with Crippen molar-refractivity contribution >= 4 is 5.91 Å². The van der Waals surface area contributed by atoms with Gasteiger partial charge in [-0.15, -0.1) is 0 Å². The summed E-state index contributed by atoms with van der Waals surface area (Å²) in [6.07, 6.45) is 1.93. The number of likely N-dealkylation sites (tertiary alicyclic amines) is 1. The number of benzene rings is 1. The molecule has 19 heavy (non-hydrogen) atoms. The molecule has 0 unspecified atom stereocenters. The smallest absolute Gasteiger partial charge is 0.221 e. The van der Waals surface area contributed by atoms with E-state index in [1.807, 2.05) is 18.2 Å². The molecule has 0 radical (unpaired) electrons. The summed E-state index contributed by atoms with van der Waals surface area (Å²) in [6, 6.07) is 8.55. The third-order valence-corrected chi connectivity index (χ3v) is 3.93. The Balaban J connectivity index is 2.05. The van der Waals surface area contributed by atoms with Gasteiger partial charge in [0.15, 0.2) is 0 Å². The Hall–Kier alpha value is -1.55. The van der Waals surface area contributed by atoms with Crippen LogP contribution in [0.5, 0.6) is 5.75 Å². The third kappa shape index (κ3) is 3.47. The molecule has 2 atom stereocenters. The Bertz CT molecular complexity index is 448. The summed E-state index contributed by atoms with van der Waals surface area (Å²) >= 11 is 0. The number of nitrogens with zero attached hydrogens (tertiary/aromatic N) is 1. The van der Waals surface area contributed by atoms with E-state index in [2.05, 4.69) is 17.9 Å². The highest BCUT2D eigenvalue weighted by atomic mass is 16.5. The van der Waals surface area contributed by atoms with Crippen LogP contribution in [0.3, 0.4) is 0 Å². The molecule has 1 saturated heterocycles. The number of piperidine rings is 1. The SMILES string of the molecule is COc1cccc(CN2C[C@H](C(N)=O)CC[C@H]2C)c1. The van der Waals surface area contributed by atoms with E-state index in [0.29, 0.717) is 6.04 Å². The Labute approximate surface area is 114 Å². The molecule has 1 aromatic rings. The van der Waals surface area contributed by atoms with Crippen LogP contribution in [0.1, 0.15) is 25.3 Å². The fourth-order valence-corrected chi connectivity index (χ4v) is 2.64. The van der Waals surface area contributed by atoms with Gasteiger partial charge in [0.1, 0.15) is 5.75 Å². The van der Waals surface area contributed by atoms with Gasteiger partial charge in [-0.05, 0) is 37.5 Å². The molecule has 2 N–H and O–H groups in total. The predicted molar refractivity (Wildman–Crippen MR) is 74.8 cm³/mol. The summed E-state index contributed by atoms with van der Waals surface area (Å²) < 4.78 is 5.24. The quantitative estimate of drug-likeness (QED) is 0.900. The minimum Gasteiger partial charge on any atom is -0.497 e. The number of carbonyl (C=O) groups is 1. The highest BCUT2D eigenvalue weighted by molar-refractivity contribution is 5.76. The molecule has 1 aliphatic rings. The van der Waals surface area contributed by atoms with Crippen molar-refractivity contribution in [2.75, 3.05) is 13.7 Å². The first kappa shape index (κ1) is 13.9. The summed E-state index contributed by atoms with van der Waals surface area (Å²) in [5.74, 6) is 0.679. The molecule has 1 amide bonds. The van der Waals surface area contributed by atoms with Crippen molar-refractivity contribution in [1.29, 1.82) is 0 Å². The van der Waals surface area contributed by atoms with Gasteiger partial charge in [0, 0.05) is 19.1 Å². The van der Waals surface area contributed by atoms with E-state index in [-0.39, 0.29) is 11.8 Å². The number of nitrogens with two attached hydrogens (primary N) is 1. The number of carbonyl (C=O) groups excluding carboxylic acids is 1. The van der Waals surface area contributed by atoms with Crippen LogP contribution in [0, 0.1) is 5.92 Å². The van der Waals surface area contributed by atoms with Crippen LogP contribution in [-0.2, 0) is 11.3 Å². The lowest BCUT2D eigenvalue weighted by Gasteiger charge is -2.36. The first-order valence-corrected chi connectivity index (χ1v) is 6.76. The van der Waals surface area contributed by atoms with Gasteiger partial charge in [-0.25, -0.2) is 0 Å². The van der Waals surface area contributed by atoms with Gasteiger partial charge in [-0.1, -0.05) is 12.1 Å². The second-order valence-corrected chi connectivity index (χ2v) is 5.31. The van der Waals surface area contributed by atoms with E-state index in [1.165, 1.54) is 5.56 Å². The summed E-state index contributed by atoms with van der Waals surface area (Å²) in [6.45, 7) is 3.80. The van der Waals surface area contributed by atoms with Gasteiger partial charge in [-0.2, -0.15) is 0 Å². The van der Waals surface area contributed by atoms with Crippen LogP contribution >= 0.6 is 0 Å². The topological polar surface area (TPSA) is 55.6 Å². The van der Waals surface area contributed by atoms with Crippen molar-refractivity contribution in [3.8, 4) is 5.75 Å². The van der Waals surface area contributed by atoms with E-state index in [9.17, 15) is 4.79 Å². The normalized spacial score (nSPS) is 24.1. The van der Waals surface area contributed by atoms with Gasteiger partial charge in [0.2, 0.25) is 5.91 Å². The number of hydrogen-bond donors (Lipinski definition) is 1. The van der Waals surface area contributed by atoms with Gasteiger partial charge in [0.25, 0.3) is 0 Å². The number of ether oxygens (including phenoxy) is 1. The maximum atomic E-state index is 11.3.